The first-order valence-corrected chi connectivity index (χ1v) is 6.58. The number of fused-ring (bicyclic) bond motifs is 1. The van der Waals surface area contributed by atoms with Gasteiger partial charge < -0.3 is 10.5 Å². The van der Waals surface area contributed by atoms with Gasteiger partial charge in [0.1, 0.15) is 5.75 Å². The molecular weight excluding hydrogens is 210 g/mol. The number of hydrogen-bond donors (Lipinski definition) is 1. The fourth-order valence-electron chi connectivity index (χ4n) is 2.81. The predicted molar refractivity (Wildman–Crippen MR) is 71.6 cm³/mol. The van der Waals surface area contributed by atoms with Gasteiger partial charge in [0.25, 0.3) is 0 Å². The molecule has 0 amide bonds. The zero-order valence-corrected chi connectivity index (χ0v) is 11.1. The van der Waals surface area contributed by atoms with Crippen molar-refractivity contribution in [2.75, 3.05) is 13.2 Å². The van der Waals surface area contributed by atoms with Gasteiger partial charge in [0.05, 0.1) is 6.61 Å². The summed E-state index contributed by atoms with van der Waals surface area (Å²) in [6, 6.07) is 4.36. The third-order valence-corrected chi connectivity index (χ3v) is 3.95. The molecule has 1 aliphatic heterocycles. The maximum Gasteiger partial charge on any atom is 0.125 e. The van der Waals surface area contributed by atoms with Crippen LogP contribution in [0.25, 0.3) is 0 Å². The summed E-state index contributed by atoms with van der Waals surface area (Å²) in [5.74, 6) is 2.20. The number of hydrogen-bond acceptors (Lipinski definition) is 2. The molecule has 2 unspecified atom stereocenters. The molecule has 1 aromatic rings. The lowest BCUT2D eigenvalue weighted by molar-refractivity contribution is 0.312. The van der Waals surface area contributed by atoms with Gasteiger partial charge in [-0.05, 0) is 56.2 Å². The van der Waals surface area contributed by atoms with Crippen molar-refractivity contribution < 1.29 is 4.74 Å². The maximum atomic E-state index is 5.94. The normalized spacial score (nSPS) is 21.3. The molecule has 0 bridgehead atoms. The van der Waals surface area contributed by atoms with E-state index in [1.165, 1.54) is 23.1 Å². The quantitative estimate of drug-likeness (QED) is 0.851. The Hall–Kier alpha value is -1.02. The van der Waals surface area contributed by atoms with E-state index < -0.39 is 0 Å². The van der Waals surface area contributed by atoms with Gasteiger partial charge in [-0.3, -0.25) is 0 Å². The molecule has 0 saturated carbocycles. The van der Waals surface area contributed by atoms with Crippen LogP contribution in [-0.2, 0) is 0 Å². The van der Waals surface area contributed by atoms with E-state index in [1.807, 2.05) is 0 Å². The van der Waals surface area contributed by atoms with E-state index >= 15 is 0 Å². The zero-order chi connectivity index (χ0) is 12.4. The van der Waals surface area contributed by atoms with Gasteiger partial charge in [0.2, 0.25) is 0 Å². The molecule has 0 saturated heterocycles. The molecule has 0 aromatic heterocycles. The minimum Gasteiger partial charge on any atom is -0.493 e. The van der Waals surface area contributed by atoms with Gasteiger partial charge in [-0.25, -0.2) is 0 Å². The molecule has 0 aliphatic carbocycles. The van der Waals surface area contributed by atoms with Gasteiger partial charge in [-0.1, -0.05) is 19.1 Å². The minimum absolute atomic E-state index is 0.524. The smallest absolute Gasteiger partial charge is 0.125 e. The van der Waals surface area contributed by atoms with Crippen LogP contribution < -0.4 is 10.5 Å². The summed E-state index contributed by atoms with van der Waals surface area (Å²) in [7, 11) is 0. The van der Waals surface area contributed by atoms with Crippen molar-refractivity contribution in [3.63, 3.8) is 0 Å². The maximum absolute atomic E-state index is 5.94. The lowest BCUT2D eigenvalue weighted by Gasteiger charge is -2.25. The van der Waals surface area contributed by atoms with Crippen LogP contribution in [-0.4, -0.2) is 13.2 Å². The SMILES string of the molecule is Cc1ccc(C)c2c1OCCCC2C(C)CN. The largest absolute Gasteiger partial charge is 0.493 e. The van der Waals surface area contributed by atoms with Gasteiger partial charge in [-0.15, -0.1) is 0 Å². The van der Waals surface area contributed by atoms with Crippen LogP contribution in [0.15, 0.2) is 12.1 Å². The Morgan fingerprint density at radius 3 is 2.76 bits per heavy atom. The Kier molecular flexibility index (Phi) is 3.72. The highest BCUT2D eigenvalue weighted by Crippen LogP contribution is 2.41. The van der Waals surface area contributed by atoms with E-state index in [0.29, 0.717) is 11.8 Å². The highest BCUT2D eigenvalue weighted by molar-refractivity contribution is 5.48. The van der Waals surface area contributed by atoms with E-state index in [1.54, 1.807) is 0 Å². The second kappa shape index (κ2) is 5.09. The first kappa shape index (κ1) is 12.4. The Balaban J connectivity index is 2.51. The van der Waals surface area contributed by atoms with E-state index in [2.05, 4.69) is 32.9 Å². The highest BCUT2D eigenvalue weighted by Gasteiger charge is 2.26. The first-order chi connectivity index (χ1) is 8.15. The highest BCUT2D eigenvalue weighted by atomic mass is 16.5. The molecule has 0 fully saturated rings. The van der Waals surface area contributed by atoms with Crippen LogP contribution in [0, 0.1) is 19.8 Å². The van der Waals surface area contributed by atoms with Crippen LogP contribution in [0.4, 0.5) is 0 Å². The zero-order valence-electron chi connectivity index (χ0n) is 11.1. The molecule has 0 spiro atoms. The third-order valence-electron chi connectivity index (χ3n) is 3.95. The monoisotopic (exact) mass is 233 g/mol. The molecule has 0 radical (unpaired) electrons. The van der Waals surface area contributed by atoms with Gasteiger partial charge in [0, 0.05) is 5.56 Å². The molecule has 1 aliphatic rings. The molecule has 2 nitrogen and oxygen atoms in total. The predicted octanol–water partition coefficient (Wildman–Crippen LogP) is 3.15. The van der Waals surface area contributed by atoms with E-state index in [9.17, 15) is 0 Å². The second-order valence-electron chi connectivity index (χ2n) is 5.25. The average Bonchev–Trinajstić information content (AvgIpc) is 2.56. The standard InChI is InChI=1S/C15H23NO/c1-10-6-7-11(2)15-14(10)13(12(3)9-16)5-4-8-17-15/h6-7,12-13H,4-5,8-9,16H2,1-3H3. The molecular formula is C15H23NO. The molecule has 2 rings (SSSR count). The van der Waals surface area contributed by atoms with Gasteiger partial charge >= 0.3 is 0 Å². The van der Waals surface area contributed by atoms with Crippen molar-refractivity contribution in [3.05, 3.63) is 28.8 Å². The summed E-state index contributed by atoms with van der Waals surface area (Å²) in [5.41, 5.74) is 9.86. The van der Waals surface area contributed by atoms with Crippen molar-refractivity contribution in [2.45, 2.75) is 39.5 Å². The van der Waals surface area contributed by atoms with E-state index in [4.69, 9.17) is 10.5 Å². The Bertz CT molecular complexity index is 400. The first-order valence-electron chi connectivity index (χ1n) is 6.58. The summed E-state index contributed by atoms with van der Waals surface area (Å²) >= 11 is 0. The van der Waals surface area contributed by atoms with Crippen molar-refractivity contribution in [1.29, 1.82) is 0 Å². The number of aryl methyl sites for hydroxylation is 2. The van der Waals surface area contributed by atoms with E-state index in [-0.39, 0.29) is 0 Å². The van der Waals surface area contributed by atoms with Crippen LogP contribution >= 0.6 is 0 Å². The van der Waals surface area contributed by atoms with Crippen molar-refractivity contribution in [2.24, 2.45) is 11.7 Å². The van der Waals surface area contributed by atoms with Crippen molar-refractivity contribution in [1.82, 2.24) is 0 Å². The van der Waals surface area contributed by atoms with Crippen LogP contribution in [0.1, 0.15) is 42.4 Å². The third kappa shape index (κ3) is 2.32. The minimum atomic E-state index is 0.524. The summed E-state index contributed by atoms with van der Waals surface area (Å²) in [6.07, 6.45) is 2.32. The molecule has 2 heteroatoms. The summed E-state index contributed by atoms with van der Waals surface area (Å²) in [6.45, 7) is 8.15. The topological polar surface area (TPSA) is 35.2 Å². The number of benzene rings is 1. The molecule has 1 heterocycles. The second-order valence-corrected chi connectivity index (χ2v) is 5.25. The summed E-state index contributed by atoms with van der Waals surface area (Å²) in [4.78, 5) is 0. The van der Waals surface area contributed by atoms with Gasteiger partial charge in [-0.2, -0.15) is 0 Å². The van der Waals surface area contributed by atoms with E-state index in [0.717, 1.165) is 25.3 Å². The lowest BCUT2D eigenvalue weighted by Crippen LogP contribution is -2.19. The summed E-state index contributed by atoms with van der Waals surface area (Å²) < 4.78 is 5.94. The average molecular weight is 233 g/mol. The lowest BCUT2D eigenvalue weighted by atomic mass is 9.81. The molecule has 2 N–H and O–H groups in total. The Morgan fingerprint density at radius 1 is 1.35 bits per heavy atom. The fourth-order valence-corrected chi connectivity index (χ4v) is 2.81. The van der Waals surface area contributed by atoms with Gasteiger partial charge in [0.15, 0.2) is 0 Å². The molecule has 17 heavy (non-hydrogen) atoms. The van der Waals surface area contributed by atoms with Crippen LogP contribution in [0.2, 0.25) is 0 Å². The van der Waals surface area contributed by atoms with Crippen molar-refractivity contribution in [3.8, 4) is 5.75 Å². The fraction of sp³-hybridized carbons (Fsp3) is 0.600. The number of rotatable bonds is 2. The van der Waals surface area contributed by atoms with Crippen LogP contribution in [0.3, 0.4) is 0 Å². The van der Waals surface area contributed by atoms with Crippen LogP contribution in [0.5, 0.6) is 5.75 Å². The Labute approximate surface area is 104 Å². The summed E-state index contributed by atoms with van der Waals surface area (Å²) in [5, 5.41) is 0. The number of ether oxygens (including phenoxy) is 1. The number of nitrogens with two attached hydrogens (primary N) is 1. The molecule has 1 aromatic carbocycles. The van der Waals surface area contributed by atoms with Crippen molar-refractivity contribution >= 4 is 0 Å². The molecule has 94 valence electrons. The molecule has 2 atom stereocenters. The Morgan fingerprint density at radius 2 is 2.06 bits per heavy atom.